The Labute approximate surface area is 121 Å². The summed E-state index contributed by atoms with van der Waals surface area (Å²) in [5.74, 6) is 0.593. The first kappa shape index (κ1) is 14.1. The van der Waals surface area contributed by atoms with E-state index in [2.05, 4.69) is 37.4 Å². The van der Waals surface area contributed by atoms with Crippen LogP contribution in [0.15, 0.2) is 18.2 Å². The van der Waals surface area contributed by atoms with Gasteiger partial charge < -0.3 is 15.2 Å². The largest absolute Gasteiger partial charge is 0.388 e. The average Bonchev–Trinajstić information content (AvgIpc) is 2.72. The molecule has 0 radical (unpaired) electrons. The first-order valence-electron chi connectivity index (χ1n) is 7.70. The summed E-state index contributed by atoms with van der Waals surface area (Å²) < 4.78 is 5.34. The molecule has 3 rings (SSSR count). The summed E-state index contributed by atoms with van der Waals surface area (Å²) in [7, 11) is 0. The molecule has 1 fully saturated rings. The molecular formula is C17H25NO2. The summed E-state index contributed by atoms with van der Waals surface area (Å²) in [4.78, 5) is 0. The smallest absolute Gasteiger partial charge is 0.0815 e. The predicted octanol–water partition coefficient (Wildman–Crippen LogP) is 2.36. The lowest BCUT2D eigenvalue weighted by molar-refractivity contribution is -0.0633. The maximum atomic E-state index is 10.6. The van der Waals surface area contributed by atoms with Gasteiger partial charge in [-0.1, -0.05) is 30.7 Å². The van der Waals surface area contributed by atoms with E-state index >= 15 is 0 Å². The third-order valence-corrected chi connectivity index (χ3v) is 4.82. The zero-order valence-corrected chi connectivity index (χ0v) is 12.5. The molecule has 3 heteroatoms. The molecule has 1 aromatic carbocycles. The van der Waals surface area contributed by atoms with Crippen molar-refractivity contribution in [1.29, 1.82) is 0 Å². The number of ether oxygens (including phenoxy) is 1. The second-order valence-electron chi connectivity index (χ2n) is 6.58. The van der Waals surface area contributed by atoms with Crippen LogP contribution in [0, 0.1) is 12.8 Å². The lowest BCUT2D eigenvalue weighted by Gasteiger charge is -2.34. The van der Waals surface area contributed by atoms with Crippen LogP contribution in [0.2, 0.25) is 0 Å². The van der Waals surface area contributed by atoms with E-state index < -0.39 is 5.60 Å². The molecule has 1 aliphatic carbocycles. The second kappa shape index (κ2) is 5.47. The molecule has 2 aliphatic rings. The number of fused-ring (bicyclic) bond motifs is 1. The molecular weight excluding hydrogens is 250 g/mol. The molecule has 1 saturated heterocycles. The lowest BCUT2D eigenvalue weighted by atomic mass is 9.93. The summed E-state index contributed by atoms with van der Waals surface area (Å²) in [6.07, 6.45) is 2.61. The highest BCUT2D eigenvalue weighted by Crippen LogP contribution is 2.36. The van der Waals surface area contributed by atoms with Gasteiger partial charge in [-0.25, -0.2) is 0 Å². The van der Waals surface area contributed by atoms with Crippen LogP contribution >= 0.6 is 0 Å². The Morgan fingerprint density at radius 2 is 2.10 bits per heavy atom. The first-order chi connectivity index (χ1) is 9.57. The minimum absolute atomic E-state index is 0.372. The van der Waals surface area contributed by atoms with Crippen molar-refractivity contribution in [2.75, 3.05) is 19.8 Å². The average molecular weight is 275 g/mol. The van der Waals surface area contributed by atoms with Gasteiger partial charge in [-0.3, -0.25) is 0 Å². The van der Waals surface area contributed by atoms with Crippen LogP contribution in [0.3, 0.4) is 0 Å². The van der Waals surface area contributed by atoms with E-state index in [1.165, 1.54) is 16.7 Å². The molecule has 1 aliphatic heterocycles. The van der Waals surface area contributed by atoms with Crippen molar-refractivity contribution in [3.8, 4) is 0 Å². The predicted molar refractivity (Wildman–Crippen MR) is 79.8 cm³/mol. The summed E-state index contributed by atoms with van der Waals surface area (Å²) in [6.45, 7) is 6.45. The fraction of sp³-hybridized carbons (Fsp3) is 0.647. The van der Waals surface area contributed by atoms with E-state index in [0.29, 0.717) is 31.7 Å². The number of aliphatic hydroxyl groups is 1. The maximum Gasteiger partial charge on any atom is 0.0815 e. The lowest BCUT2D eigenvalue weighted by Crippen LogP contribution is -2.46. The molecule has 20 heavy (non-hydrogen) atoms. The molecule has 110 valence electrons. The molecule has 0 aromatic heterocycles. The highest BCUT2D eigenvalue weighted by atomic mass is 16.5. The Bertz CT molecular complexity index is 480. The fourth-order valence-electron chi connectivity index (χ4n) is 3.50. The van der Waals surface area contributed by atoms with Gasteiger partial charge in [-0.05, 0) is 30.4 Å². The van der Waals surface area contributed by atoms with Crippen molar-refractivity contribution in [2.24, 2.45) is 5.92 Å². The SMILES string of the molecule is Cc1ccc2c(c1)C(NCC1(O)CCOCC1)C(C)C2. The molecule has 2 N–H and O–H groups in total. The molecule has 1 aromatic rings. The number of aryl methyl sites for hydroxylation is 1. The van der Waals surface area contributed by atoms with E-state index in [1.54, 1.807) is 0 Å². The molecule has 1 heterocycles. The maximum absolute atomic E-state index is 10.6. The van der Waals surface area contributed by atoms with E-state index in [0.717, 1.165) is 19.3 Å². The highest BCUT2D eigenvalue weighted by molar-refractivity contribution is 5.38. The van der Waals surface area contributed by atoms with E-state index in [1.807, 2.05) is 0 Å². The van der Waals surface area contributed by atoms with Gasteiger partial charge >= 0.3 is 0 Å². The normalized spacial score (nSPS) is 28.4. The zero-order valence-electron chi connectivity index (χ0n) is 12.5. The minimum atomic E-state index is -0.593. The summed E-state index contributed by atoms with van der Waals surface area (Å²) in [5.41, 5.74) is 3.60. The van der Waals surface area contributed by atoms with E-state index in [-0.39, 0.29) is 0 Å². The van der Waals surface area contributed by atoms with Crippen molar-refractivity contribution in [3.63, 3.8) is 0 Å². The Hall–Kier alpha value is -0.900. The third kappa shape index (κ3) is 2.76. The van der Waals surface area contributed by atoms with Crippen molar-refractivity contribution in [1.82, 2.24) is 5.32 Å². The van der Waals surface area contributed by atoms with Crippen LogP contribution in [0.5, 0.6) is 0 Å². The van der Waals surface area contributed by atoms with Crippen LogP contribution < -0.4 is 5.32 Å². The molecule has 0 saturated carbocycles. The third-order valence-electron chi connectivity index (χ3n) is 4.82. The second-order valence-corrected chi connectivity index (χ2v) is 6.58. The molecule has 0 bridgehead atoms. The summed E-state index contributed by atoms with van der Waals surface area (Å²) in [6, 6.07) is 7.12. The van der Waals surface area contributed by atoms with Gasteiger partial charge in [0.2, 0.25) is 0 Å². The van der Waals surface area contributed by atoms with Gasteiger partial charge in [0, 0.05) is 38.6 Å². The van der Waals surface area contributed by atoms with Gasteiger partial charge in [0.05, 0.1) is 5.60 Å². The van der Waals surface area contributed by atoms with Gasteiger partial charge in [0.1, 0.15) is 0 Å². The molecule has 0 spiro atoms. The molecule has 2 atom stereocenters. The van der Waals surface area contributed by atoms with Crippen molar-refractivity contribution < 1.29 is 9.84 Å². The Balaban J connectivity index is 1.70. The van der Waals surface area contributed by atoms with Crippen LogP contribution in [-0.2, 0) is 11.2 Å². The zero-order chi connectivity index (χ0) is 14.2. The highest BCUT2D eigenvalue weighted by Gasteiger charge is 2.34. The topological polar surface area (TPSA) is 41.5 Å². The van der Waals surface area contributed by atoms with E-state index in [4.69, 9.17) is 4.74 Å². The number of hydrogen-bond acceptors (Lipinski definition) is 3. The van der Waals surface area contributed by atoms with E-state index in [9.17, 15) is 5.11 Å². The van der Waals surface area contributed by atoms with Crippen LogP contribution in [0.1, 0.15) is 42.5 Å². The van der Waals surface area contributed by atoms with Gasteiger partial charge in [0.15, 0.2) is 0 Å². The molecule has 2 unspecified atom stereocenters. The fourth-order valence-corrected chi connectivity index (χ4v) is 3.50. The first-order valence-corrected chi connectivity index (χ1v) is 7.70. The Morgan fingerprint density at radius 1 is 1.35 bits per heavy atom. The number of benzene rings is 1. The molecule has 0 amide bonds. The van der Waals surface area contributed by atoms with Gasteiger partial charge in [-0.2, -0.15) is 0 Å². The number of rotatable bonds is 3. The monoisotopic (exact) mass is 275 g/mol. The number of nitrogens with one attached hydrogen (secondary N) is 1. The Kier molecular flexibility index (Phi) is 3.85. The summed E-state index contributed by atoms with van der Waals surface area (Å²) in [5, 5.41) is 14.2. The molecule has 3 nitrogen and oxygen atoms in total. The van der Waals surface area contributed by atoms with Crippen molar-refractivity contribution >= 4 is 0 Å². The van der Waals surface area contributed by atoms with Crippen molar-refractivity contribution in [3.05, 3.63) is 34.9 Å². The van der Waals surface area contributed by atoms with Crippen LogP contribution in [-0.4, -0.2) is 30.5 Å². The van der Waals surface area contributed by atoms with Gasteiger partial charge in [-0.15, -0.1) is 0 Å². The standard InChI is InChI=1S/C17H25NO2/c1-12-3-4-14-10-13(2)16(15(14)9-12)18-11-17(19)5-7-20-8-6-17/h3-4,9,13,16,18-19H,5-8,10-11H2,1-2H3. The quantitative estimate of drug-likeness (QED) is 0.890. The minimum Gasteiger partial charge on any atom is -0.388 e. The van der Waals surface area contributed by atoms with Gasteiger partial charge in [0.25, 0.3) is 0 Å². The number of hydrogen-bond donors (Lipinski definition) is 2. The van der Waals surface area contributed by atoms with Crippen LogP contribution in [0.4, 0.5) is 0 Å². The van der Waals surface area contributed by atoms with Crippen LogP contribution in [0.25, 0.3) is 0 Å². The Morgan fingerprint density at radius 3 is 2.85 bits per heavy atom. The summed E-state index contributed by atoms with van der Waals surface area (Å²) >= 11 is 0. The van der Waals surface area contributed by atoms with Crippen molar-refractivity contribution in [2.45, 2.75) is 44.8 Å².